The lowest BCUT2D eigenvalue weighted by atomic mass is 9.84. The van der Waals surface area contributed by atoms with Gasteiger partial charge in [0.25, 0.3) is 0 Å². The molecule has 0 saturated carbocycles. The topological polar surface area (TPSA) is 77.9 Å². The van der Waals surface area contributed by atoms with Gasteiger partial charge in [-0.25, -0.2) is 0 Å². The number of rotatable bonds is 11. The molecule has 1 aliphatic heterocycles. The van der Waals surface area contributed by atoms with Crippen molar-refractivity contribution < 1.29 is 19.5 Å². The normalized spacial score (nSPS) is 17.1. The van der Waals surface area contributed by atoms with Crippen LogP contribution >= 0.6 is 22.9 Å². The molecule has 4 rings (SSSR count). The number of benzene rings is 2. The maximum absolute atomic E-state index is 13.8. The Balaban J connectivity index is 1.46. The van der Waals surface area contributed by atoms with Crippen LogP contribution < -0.4 is 0 Å². The van der Waals surface area contributed by atoms with Crippen LogP contribution in [0.5, 0.6) is 0 Å². The maximum atomic E-state index is 13.8. The van der Waals surface area contributed by atoms with Crippen molar-refractivity contribution in [3.63, 3.8) is 0 Å². The second kappa shape index (κ2) is 11.4. The van der Waals surface area contributed by atoms with Crippen molar-refractivity contribution in [1.29, 1.82) is 0 Å². The van der Waals surface area contributed by atoms with Crippen molar-refractivity contribution in [2.45, 2.75) is 57.5 Å². The fourth-order valence-corrected chi connectivity index (χ4v) is 5.99. The number of amides is 2. The number of likely N-dealkylation sites (tertiary alicyclic amines) is 1. The second-order valence-corrected chi connectivity index (χ2v) is 10.9. The van der Waals surface area contributed by atoms with Crippen LogP contribution in [0.25, 0.3) is 10.1 Å². The van der Waals surface area contributed by atoms with Gasteiger partial charge in [0.05, 0.1) is 6.42 Å². The zero-order valence-corrected chi connectivity index (χ0v) is 22.0. The molecule has 6 nitrogen and oxygen atoms in total. The Bertz CT molecular complexity index is 1260. The molecule has 1 fully saturated rings. The lowest BCUT2D eigenvalue weighted by Crippen LogP contribution is -2.68. The minimum Gasteiger partial charge on any atom is -0.481 e. The summed E-state index contributed by atoms with van der Waals surface area (Å²) in [4.78, 5) is 41.5. The Labute approximate surface area is 220 Å². The standard InChI is InChI=1S/C28H31ClN2O4S/c1-28(13-15-31(28)25(32)17-21-19-36-24-11-5-4-10-23(21)24)27(35)30(14-6-2-3-12-26(33)34)18-20-8-7-9-22(29)16-20/h4-5,7-11,16,19H,2-3,6,12-15,17-18H2,1H3,(H,33,34). The van der Waals surface area contributed by atoms with Gasteiger partial charge in [0.1, 0.15) is 5.54 Å². The van der Waals surface area contributed by atoms with Crippen LogP contribution in [0, 0.1) is 0 Å². The Hall–Kier alpha value is -2.90. The zero-order valence-electron chi connectivity index (χ0n) is 20.4. The molecule has 1 saturated heterocycles. The molecule has 190 valence electrons. The summed E-state index contributed by atoms with van der Waals surface area (Å²) >= 11 is 7.80. The van der Waals surface area contributed by atoms with E-state index in [9.17, 15) is 14.4 Å². The van der Waals surface area contributed by atoms with Gasteiger partial charge in [-0.1, -0.05) is 48.4 Å². The van der Waals surface area contributed by atoms with Gasteiger partial charge in [0.15, 0.2) is 0 Å². The Morgan fingerprint density at radius 3 is 2.64 bits per heavy atom. The third-order valence-corrected chi connectivity index (χ3v) is 8.20. The average molecular weight is 527 g/mol. The van der Waals surface area contributed by atoms with Gasteiger partial charge in [-0.15, -0.1) is 11.3 Å². The fraction of sp³-hybridized carbons (Fsp3) is 0.393. The third-order valence-electron chi connectivity index (χ3n) is 6.95. The zero-order chi connectivity index (χ0) is 25.7. The first-order valence-electron chi connectivity index (χ1n) is 12.3. The SMILES string of the molecule is CC1(C(=O)N(CCCCCC(=O)O)Cc2cccc(Cl)c2)CCN1C(=O)Cc1csc2ccccc12. The minimum atomic E-state index is -0.886. The summed E-state index contributed by atoms with van der Waals surface area (Å²) in [5.41, 5.74) is 1.03. The smallest absolute Gasteiger partial charge is 0.303 e. The molecule has 1 aromatic heterocycles. The number of carbonyl (C=O) groups excluding carboxylic acids is 2. The monoisotopic (exact) mass is 526 g/mol. The van der Waals surface area contributed by atoms with E-state index in [1.807, 2.05) is 48.7 Å². The molecule has 1 atom stereocenters. The van der Waals surface area contributed by atoms with Crippen molar-refractivity contribution >= 4 is 50.8 Å². The summed E-state index contributed by atoms with van der Waals surface area (Å²) in [7, 11) is 0. The van der Waals surface area contributed by atoms with Gasteiger partial charge in [-0.3, -0.25) is 14.4 Å². The van der Waals surface area contributed by atoms with E-state index in [0.717, 1.165) is 27.6 Å². The van der Waals surface area contributed by atoms with Gasteiger partial charge in [0.2, 0.25) is 11.8 Å². The highest BCUT2D eigenvalue weighted by Crippen LogP contribution is 2.35. The minimum absolute atomic E-state index is 0.0372. The molecular formula is C28H31ClN2O4S. The Kier molecular flexibility index (Phi) is 8.32. The van der Waals surface area contributed by atoms with Crippen LogP contribution in [0.4, 0.5) is 0 Å². The Morgan fingerprint density at radius 2 is 1.92 bits per heavy atom. The molecule has 0 aliphatic carbocycles. The van der Waals surface area contributed by atoms with Gasteiger partial charge in [0, 0.05) is 35.8 Å². The summed E-state index contributed by atoms with van der Waals surface area (Å²) in [6, 6.07) is 15.5. The Morgan fingerprint density at radius 1 is 1.11 bits per heavy atom. The summed E-state index contributed by atoms with van der Waals surface area (Å²) < 4.78 is 1.15. The third kappa shape index (κ3) is 5.90. The van der Waals surface area contributed by atoms with E-state index in [1.54, 1.807) is 27.2 Å². The van der Waals surface area contributed by atoms with E-state index in [1.165, 1.54) is 0 Å². The van der Waals surface area contributed by atoms with E-state index in [4.69, 9.17) is 16.7 Å². The molecule has 2 amide bonds. The van der Waals surface area contributed by atoms with Gasteiger partial charge in [-0.2, -0.15) is 0 Å². The van der Waals surface area contributed by atoms with Crippen LogP contribution in [0.1, 0.15) is 50.2 Å². The van der Waals surface area contributed by atoms with Crippen molar-refractivity contribution in [1.82, 2.24) is 9.80 Å². The fourth-order valence-electron chi connectivity index (χ4n) is 4.81. The number of unbranched alkanes of at least 4 members (excludes halogenated alkanes) is 2. The molecule has 0 radical (unpaired) electrons. The van der Waals surface area contributed by atoms with Crippen molar-refractivity contribution in [3.8, 4) is 0 Å². The van der Waals surface area contributed by atoms with E-state index in [0.29, 0.717) is 43.9 Å². The molecule has 1 aliphatic rings. The molecule has 0 bridgehead atoms. The summed E-state index contributed by atoms with van der Waals surface area (Å²) in [5.74, 6) is -0.920. The number of hydrogen-bond acceptors (Lipinski definition) is 4. The van der Waals surface area contributed by atoms with Gasteiger partial charge < -0.3 is 14.9 Å². The van der Waals surface area contributed by atoms with Crippen molar-refractivity contribution in [3.05, 3.63) is 70.1 Å². The van der Waals surface area contributed by atoms with Crippen molar-refractivity contribution in [2.24, 2.45) is 0 Å². The van der Waals surface area contributed by atoms with Crippen LogP contribution in [0.15, 0.2) is 53.9 Å². The molecule has 2 aromatic carbocycles. The lowest BCUT2D eigenvalue weighted by molar-refractivity contribution is -0.164. The first-order chi connectivity index (χ1) is 17.3. The maximum Gasteiger partial charge on any atom is 0.303 e. The molecule has 3 aromatic rings. The van der Waals surface area contributed by atoms with Crippen molar-refractivity contribution in [2.75, 3.05) is 13.1 Å². The number of carboxylic acid groups (broad SMARTS) is 1. The molecule has 36 heavy (non-hydrogen) atoms. The summed E-state index contributed by atoms with van der Waals surface area (Å²) in [6.07, 6.45) is 3.01. The van der Waals surface area contributed by atoms with Crippen LogP contribution in [0.3, 0.4) is 0 Å². The highest BCUT2D eigenvalue weighted by molar-refractivity contribution is 7.17. The quantitative estimate of drug-likeness (QED) is 0.322. The van der Waals surface area contributed by atoms with Gasteiger partial charge in [-0.05, 0) is 66.3 Å². The highest BCUT2D eigenvalue weighted by Gasteiger charge is 2.50. The molecule has 8 heteroatoms. The van der Waals surface area contributed by atoms with Crippen LogP contribution in [-0.2, 0) is 27.3 Å². The number of fused-ring (bicyclic) bond motifs is 1. The predicted octanol–water partition coefficient (Wildman–Crippen LogP) is 5.76. The van der Waals surface area contributed by atoms with E-state index in [2.05, 4.69) is 6.07 Å². The number of thiophene rings is 1. The first kappa shape index (κ1) is 26.2. The van der Waals surface area contributed by atoms with E-state index in [-0.39, 0.29) is 24.7 Å². The average Bonchev–Trinajstić information content (AvgIpc) is 3.24. The number of carboxylic acids is 1. The summed E-state index contributed by atoms with van der Waals surface area (Å²) in [6.45, 7) is 3.31. The number of carbonyl (C=O) groups is 3. The molecule has 0 spiro atoms. The summed E-state index contributed by atoms with van der Waals surface area (Å²) in [5, 5.41) is 12.6. The molecular weight excluding hydrogens is 496 g/mol. The molecule has 1 N–H and O–H groups in total. The van der Waals surface area contributed by atoms with E-state index >= 15 is 0 Å². The number of aliphatic carboxylic acids is 1. The second-order valence-electron chi connectivity index (χ2n) is 9.56. The van der Waals surface area contributed by atoms with Gasteiger partial charge >= 0.3 is 5.97 Å². The number of halogens is 1. The number of nitrogens with zero attached hydrogens (tertiary/aromatic N) is 2. The largest absolute Gasteiger partial charge is 0.481 e. The van der Waals surface area contributed by atoms with Crippen LogP contribution in [-0.4, -0.2) is 51.3 Å². The predicted molar refractivity (Wildman–Crippen MR) is 143 cm³/mol. The highest BCUT2D eigenvalue weighted by atomic mass is 35.5. The number of hydrogen-bond donors (Lipinski definition) is 1. The van der Waals surface area contributed by atoms with E-state index < -0.39 is 11.5 Å². The molecule has 2 heterocycles. The van der Waals surface area contributed by atoms with Crippen LogP contribution in [0.2, 0.25) is 5.02 Å². The lowest BCUT2D eigenvalue weighted by Gasteiger charge is -2.51. The first-order valence-corrected chi connectivity index (χ1v) is 13.5. The molecule has 1 unspecified atom stereocenters.